The zero-order valence-electron chi connectivity index (χ0n) is 21.4. The van der Waals surface area contributed by atoms with E-state index in [0.29, 0.717) is 58.5 Å². The minimum absolute atomic E-state index is 0.158. The van der Waals surface area contributed by atoms with Gasteiger partial charge in [-0.25, -0.2) is 0 Å². The van der Waals surface area contributed by atoms with Crippen LogP contribution in [0.5, 0.6) is 0 Å². The van der Waals surface area contributed by atoms with Crippen LogP contribution in [0.3, 0.4) is 0 Å². The van der Waals surface area contributed by atoms with Crippen LogP contribution in [0.25, 0.3) is 0 Å². The van der Waals surface area contributed by atoms with Crippen LogP contribution in [0.2, 0.25) is 5.02 Å². The Bertz CT molecular complexity index is 1130. The van der Waals surface area contributed by atoms with Gasteiger partial charge in [0.25, 0.3) is 0 Å². The summed E-state index contributed by atoms with van der Waals surface area (Å²) in [7, 11) is -0.746. The molecule has 2 saturated heterocycles. The lowest BCUT2D eigenvalue weighted by atomic mass is 9.57. The number of halogens is 1. The van der Waals surface area contributed by atoms with Crippen molar-refractivity contribution in [2.45, 2.75) is 63.8 Å². The fourth-order valence-electron chi connectivity index (χ4n) is 7.32. The van der Waals surface area contributed by atoms with Crippen LogP contribution in [0, 0.1) is 28.6 Å². The average molecular weight is 542 g/mol. The number of amidine groups is 1. The van der Waals surface area contributed by atoms with Gasteiger partial charge in [-0.15, -0.1) is 0 Å². The maximum Gasteiger partial charge on any atom is 0.225 e. The molecule has 4 fully saturated rings. The van der Waals surface area contributed by atoms with Gasteiger partial charge in [0.2, 0.25) is 5.91 Å². The predicted octanol–water partition coefficient (Wildman–Crippen LogP) is 4.38. The molecule has 9 heteroatoms. The van der Waals surface area contributed by atoms with Crippen LogP contribution in [0.4, 0.5) is 5.69 Å². The van der Waals surface area contributed by atoms with Crippen molar-refractivity contribution < 1.29 is 9.00 Å². The lowest BCUT2D eigenvalue weighted by molar-refractivity contribution is -0.145. The van der Waals surface area contributed by atoms with Crippen molar-refractivity contribution in [3.8, 4) is 6.07 Å². The molecule has 198 valence electrons. The molecule has 37 heavy (non-hydrogen) atoms. The highest BCUT2D eigenvalue weighted by molar-refractivity contribution is 7.85. The Balaban J connectivity index is 1.10. The summed E-state index contributed by atoms with van der Waals surface area (Å²) in [6.07, 6.45) is 10.3. The number of hydrogen-bond donors (Lipinski definition) is 0. The third kappa shape index (κ3) is 4.90. The SMILES string of the molecule is N#Cc1ccc(N2N=C(N3CCC4(CC3)CC(C(=O)N3CCS(=O)CC3)C4)CC2C2CCCC2)cc1Cl. The molecular weight excluding hydrogens is 506 g/mol. The fourth-order valence-corrected chi connectivity index (χ4v) is 8.59. The predicted molar refractivity (Wildman–Crippen MR) is 147 cm³/mol. The zero-order chi connectivity index (χ0) is 25.6. The van der Waals surface area contributed by atoms with Crippen LogP contribution in [0.1, 0.15) is 63.4 Å². The molecule has 2 aliphatic carbocycles. The van der Waals surface area contributed by atoms with Crippen molar-refractivity contribution in [2.24, 2.45) is 22.4 Å². The first-order chi connectivity index (χ1) is 17.9. The average Bonchev–Trinajstić information content (AvgIpc) is 3.58. The molecule has 0 radical (unpaired) electrons. The van der Waals surface area contributed by atoms with Crippen LogP contribution >= 0.6 is 11.6 Å². The van der Waals surface area contributed by atoms with Gasteiger partial charge in [-0.05, 0) is 68.1 Å². The molecule has 0 N–H and O–H groups in total. The second-order valence-corrected chi connectivity index (χ2v) is 13.8. The molecule has 1 unspecified atom stereocenters. The molecular formula is C28H36ClN5O2S. The summed E-state index contributed by atoms with van der Waals surface area (Å²) in [4.78, 5) is 17.4. The second-order valence-electron chi connectivity index (χ2n) is 11.7. The van der Waals surface area contributed by atoms with Crippen molar-refractivity contribution in [1.82, 2.24) is 9.80 Å². The van der Waals surface area contributed by atoms with Crippen molar-refractivity contribution >= 4 is 39.8 Å². The Labute approximate surface area is 227 Å². The van der Waals surface area contributed by atoms with Crippen LogP contribution < -0.4 is 5.01 Å². The molecule has 1 atom stereocenters. The number of carbonyl (C=O) groups is 1. The number of nitriles is 1. The topological polar surface area (TPSA) is 80.0 Å². The van der Waals surface area contributed by atoms with E-state index in [1.54, 1.807) is 6.07 Å². The molecule has 6 rings (SSSR count). The number of amides is 1. The number of hydrogen-bond acceptors (Lipinski definition) is 6. The second kappa shape index (κ2) is 10.2. The van der Waals surface area contributed by atoms with Gasteiger partial charge < -0.3 is 9.80 Å². The molecule has 3 aliphatic heterocycles. The van der Waals surface area contributed by atoms with E-state index in [-0.39, 0.29) is 5.92 Å². The van der Waals surface area contributed by atoms with Crippen molar-refractivity contribution in [1.29, 1.82) is 5.26 Å². The fraction of sp³-hybridized carbons (Fsp3) is 0.679. The quantitative estimate of drug-likeness (QED) is 0.567. The van der Waals surface area contributed by atoms with Crippen LogP contribution in [-0.4, -0.2) is 69.5 Å². The summed E-state index contributed by atoms with van der Waals surface area (Å²) in [5.41, 5.74) is 1.78. The van der Waals surface area contributed by atoms with Crippen molar-refractivity contribution in [3.63, 3.8) is 0 Å². The maximum absolute atomic E-state index is 12.9. The summed E-state index contributed by atoms with van der Waals surface area (Å²) in [5.74, 6) is 3.53. The summed E-state index contributed by atoms with van der Waals surface area (Å²) >= 11 is 6.40. The highest BCUT2D eigenvalue weighted by atomic mass is 35.5. The van der Waals surface area contributed by atoms with Gasteiger partial charge in [0.05, 0.1) is 22.3 Å². The Kier molecular flexibility index (Phi) is 6.96. The smallest absolute Gasteiger partial charge is 0.225 e. The lowest BCUT2D eigenvalue weighted by Crippen LogP contribution is -2.54. The van der Waals surface area contributed by atoms with Gasteiger partial charge in [0.15, 0.2) is 0 Å². The number of piperidine rings is 1. The monoisotopic (exact) mass is 541 g/mol. The Morgan fingerprint density at radius 3 is 2.46 bits per heavy atom. The summed E-state index contributed by atoms with van der Waals surface area (Å²) in [6, 6.07) is 8.19. The number of rotatable bonds is 3. The molecule has 7 nitrogen and oxygen atoms in total. The Morgan fingerprint density at radius 1 is 1.11 bits per heavy atom. The number of likely N-dealkylation sites (tertiary alicyclic amines) is 1. The lowest BCUT2D eigenvalue weighted by Gasteiger charge is -2.52. The Hall–Kier alpha value is -2.11. The molecule has 5 aliphatic rings. The summed E-state index contributed by atoms with van der Waals surface area (Å²) in [6.45, 7) is 3.32. The normalized spacial score (nSPS) is 26.9. The molecule has 1 aromatic rings. The molecule has 1 aromatic carbocycles. The van der Waals surface area contributed by atoms with Gasteiger partial charge in [-0.1, -0.05) is 24.4 Å². The molecule has 3 heterocycles. The zero-order valence-corrected chi connectivity index (χ0v) is 23.0. The van der Waals surface area contributed by atoms with Crippen molar-refractivity contribution in [3.05, 3.63) is 28.8 Å². The first kappa shape index (κ1) is 25.2. The number of benzene rings is 1. The third-order valence-electron chi connectivity index (χ3n) is 9.60. The van der Waals surface area contributed by atoms with Gasteiger partial charge in [-0.3, -0.25) is 14.0 Å². The summed E-state index contributed by atoms with van der Waals surface area (Å²) < 4.78 is 11.6. The molecule has 1 amide bonds. The number of anilines is 1. The molecule has 0 aromatic heterocycles. The van der Waals surface area contributed by atoms with E-state index in [4.69, 9.17) is 16.7 Å². The van der Waals surface area contributed by atoms with E-state index in [9.17, 15) is 14.3 Å². The van der Waals surface area contributed by atoms with E-state index >= 15 is 0 Å². The van der Waals surface area contributed by atoms with Gasteiger partial charge in [-0.2, -0.15) is 10.4 Å². The number of carbonyl (C=O) groups excluding carboxylic acids is 1. The van der Waals surface area contributed by atoms with E-state index in [2.05, 4.69) is 16.0 Å². The largest absolute Gasteiger partial charge is 0.359 e. The standard InChI is InChI=1S/C28H36ClN5O2S/c29-24-15-23(6-5-21(24)19-30)34-25(20-3-1-2-4-20)16-26(31-34)32-9-7-28(8-10-32)17-22(18-28)27(35)33-11-13-37(36)14-12-33/h5-6,15,20,22,25H,1-4,7-14,16-18H2. The van der Waals surface area contributed by atoms with Gasteiger partial charge in [0.1, 0.15) is 11.9 Å². The minimum Gasteiger partial charge on any atom is -0.359 e. The molecule has 1 spiro atoms. The van der Waals surface area contributed by atoms with Gasteiger partial charge in [0, 0.05) is 60.8 Å². The van der Waals surface area contributed by atoms with Crippen LogP contribution in [-0.2, 0) is 15.6 Å². The summed E-state index contributed by atoms with van der Waals surface area (Å²) in [5, 5.41) is 17.1. The van der Waals surface area contributed by atoms with E-state index in [1.807, 2.05) is 17.0 Å². The van der Waals surface area contributed by atoms with Crippen molar-refractivity contribution in [2.75, 3.05) is 42.7 Å². The van der Waals surface area contributed by atoms with Crippen LogP contribution in [0.15, 0.2) is 23.3 Å². The maximum atomic E-state index is 12.9. The third-order valence-corrected chi connectivity index (χ3v) is 11.2. The molecule has 0 bridgehead atoms. The highest BCUT2D eigenvalue weighted by Crippen LogP contribution is 2.53. The van der Waals surface area contributed by atoms with E-state index in [1.165, 1.54) is 31.5 Å². The first-order valence-electron chi connectivity index (χ1n) is 13.9. The van der Waals surface area contributed by atoms with Gasteiger partial charge >= 0.3 is 0 Å². The Morgan fingerprint density at radius 2 is 1.81 bits per heavy atom. The number of nitrogens with zero attached hydrogens (tertiary/aromatic N) is 5. The first-order valence-corrected chi connectivity index (χ1v) is 15.8. The number of hydrazone groups is 1. The minimum atomic E-state index is -0.746. The molecule has 2 saturated carbocycles. The van der Waals surface area contributed by atoms with E-state index < -0.39 is 10.8 Å². The highest BCUT2D eigenvalue weighted by Gasteiger charge is 2.50. The van der Waals surface area contributed by atoms with E-state index in [0.717, 1.165) is 50.9 Å².